The zero-order valence-corrected chi connectivity index (χ0v) is 22.1. The van der Waals surface area contributed by atoms with Gasteiger partial charge in [0, 0.05) is 22.7 Å². The van der Waals surface area contributed by atoms with Gasteiger partial charge in [-0.1, -0.05) is 29.3 Å². The van der Waals surface area contributed by atoms with Gasteiger partial charge in [0.1, 0.15) is 11.6 Å². The Morgan fingerprint density at radius 1 is 1.03 bits per heavy atom. The average molecular weight is 549 g/mol. The highest BCUT2D eigenvalue weighted by atomic mass is 35.5. The summed E-state index contributed by atoms with van der Waals surface area (Å²) in [6.07, 6.45) is -0.578. The standard InChI is InChI=1S/C26H26ClFN2O6S/c1-15-5-8-18(9-6-15)37(34,35)30-21-12-16(25(33)29-26(2,3)4)7-10-22(21)36-23-14-20(28)17(11-19(23)27)13-24(31)32/h5-12,14,30H,13H2,1-4H3,(H,29,33)(H,31,32). The summed E-state index contributed by atoms with van der Waals surface area (Å²) in [6.45, 7) is 7.22. The van der Waals surface area contributed by atoms with Gasteiger partial charge in [0.15, 0.2) is 5.75 Å². The predicted octanol–water partition coefficient (Wildman–Crippen LogP) is 5.54. The summed E-state index contributed by atoms with van der Waals surface area (Å²) in [5, 5.41) is 11.7. The first-order valence-corrected chi connectivity index (χ1v) is 12.9. The highest BCUT2D eigenvalue weighted by molar-refractivity contribution is 7.92. The number of aliphatic carboxylic acids is 1. The Hall–Kier alpha value is -3.63. The second kappa shape index (κ2) is 10.8. The number of rotatable bonds is 8. The third-order valence-electron chi connectivity index (χ3n) is 4.97. The lowest BCUT2D eigenvalue weighted by Crippen LogP contribution is -2.40. The molecule has 3 aromatic carbocycles. The van der Waals surface area contributed by atoms with Crippen LogP contribution < -0.4 is 14.8 Å². The lowest BCUT2D eigenvalue weighted by molar-refractivity contribution is -0.136. The normalized spacial score (nSPS) is 11.6. The van der Waals surface area contributed by atoms with E-state index in [0.29, 0.717) is 0 Å². The van der Waals surface area contributed by atoms with Gasteiger partial charge in [0.2, 0.25) is 0 Å². The quantitative estimate of drug-likeness (QED) is 0.340. The Labute approximate surface area is 219 Å². The first-order chi connectivity index (χ1) is 17.1. The Bertz CT molecular complexity index is 1450. The van der Waals surface area contributed by atoms with Crippen LogP contribution in [0, 0.1) is 12.7 Å². The molecule has 196 valence electrons. The molecule has 0 unspecified atom stereocenters. The fourth-order valence-corrected chi connectivity index (χ4v) is 4.52. The molecule has 1 amide bonds. The van der Waals surface area contributed by atoms with Crippen LogP contribution >= 0.6 is 11.6 Å². The van der Waals surface area contributed by atoms with Crippen molar-refractivity contribution in [2.45, 2.75) is 44.6 Å². The van der Waals surface area contributed by atoms with Crippen molar-refractivity contribution in [3.8, 4) is 11.5 Å². The highest BCUT2D eigenvalue weighted by Crippen LogP contribution is 2.37. The molecule has 0 aliphatic heterocycles. The fourth-order valence-electron chi connectivity index (χ4n) is 3.24. The van der Waals surface area contributed by atoms with Gasteiger partial charge in [0.05, 0.1) is 22.0 Å². The van der Waals surface area contributed by atoms with Crippen LogP contribution in [0.3, 0.4) is 0 Å². The maximum atomic E-state index is 14.5. The number of benzene rings is 3. The number of nitrogens with one attached hydrogen (secondary N) is 2. The smallest absolute Gasteiger partial charge is 0.307 e. The van der Waals surface area contributed by atoms with Crippen LogP contribution in [-0.4, -0.2) is 30.9 Å². The maximum absolute atomic E-state index is 14.5. The zero-order chi connectivity index (χ0) is 27.5. The summed E-state index contributed by atoms with van der Waals surface area (Å²) in [7, 11) is -4.09. The molecular weight excluding hydrogens is 523 g/mol. The van der Waals surface area contributed by atoms with E-state index in [1.807, 2.05) is 6.92 Å². The second-order valence-corrected chi connectivity index (χ2v) is 11.5. The minimum absolute atomic E-state index is 0.0179. The van der Waals surface area contributed by atoms with E-state index in [2.05, 4.69) is 10.0 Å². The molecule has 11 heteroatoms. The first-order valence-electron chi connectivity index (χ1n) is 11.1. The van der Waals surface area contributed by atoms with Gasteiger partial charge in [-0.05, 0) is 64.1 Å². The van der Waals surface area contributed by atoms with Gasteiger partial charge >= 0.3 is 5.97 Å². The SMILES string of the molecule is Cc1ccc(S(=O)(=O)Nc2cc(C(=O)NC(C)(C)C)ccc2Oc2cc(F)c(CC(=O)O)cc2Cl)cc1. The average Bonchev–Trinajstić information content (AvgIpc) is 2.76. The van der Waals surface area contributed by atoms with Gasteiger partial charge < -0.3 is 15.2 Å². The number of carboxylic acid groups (broad SMARTS) is 1. The van der Waals surface area contributed by atoms with Crippen LogP contribution in [0.1, 0.15) is 42.3 Å². The molecule has 0 fully saturated rings. The molecular formula is C26H26ClFN2O6S. The third-order valence-corrected chi connectivity index (χ3v) is 6.65. The van der Waals surface area contributed by atoms with Crippen molar-refractivity contribution in [3.05, 3.63) is 82.1 Å². The lowest BCUT2D eigenvalue weighted by atomic mass is 10.1. The number of sulfonamides is 1. The van der Waals surface area contributed by atoms with Crippen LogP contribution in [0.2, 0.25) is 5.02 Å². The van der Waals surface area contributed by atoms with E-state index in [4.69, 9.17) is 21.4 Å². The number of carbonyl (C=O) groups is 2. The maximum Gasteiger partial charge on any atom is 0.307 e. The number of ether oxygens (including phenoxy) is 1. The largest absolute Gasteiger partial charge is 0.481 e. The van der Waals surface area contributed by atoms with E-state index >= 15 is 0 Å². The number of anilines is 1. The Kier molecular flexibility index (Phi) is 8.14. The van der Waals surface area contributed by atoms with Crippen molar-refractivity contribution in [1.29, 1.82) is 0 Å². The molecule has 8 nitrogen and oxygen atoms in total. The zero-order valence-electron chi connectivity index (χ0n) is 20.6. The second-order valence-electron chi connectivity index (χ2n) is 9.38. The van der Waals surface area contributed by atoms with E-state index in [1.54, 1.807) is 32.9 Å². The van der Waals surface area contributed by atoms with E-state index < -0.39 is 39.7 Å². The molecule has 0 aromatic heterocycles. The minimum Gasteiger partial charge on any atom is -0.481 e. The Balaban J connectivity index is 2.04. The van der Waals surface area contributed by atoms with Gasteiger partial charge in [-0.3, -0.25) is 14.3 Å². The Morgan fingerprint density at radius 2 is 1.68 bits per heavy atom. The van der Waals surface area contributed by atoms with Crippen molar-refractivity contribution in [1.82, 2.24) is 5.32 Å². The molecule has 0 bridgehead atoms. The van der Waals surface area contributed by atoms with Gasteiger partial charge in [-0.25, -0.2) is 12.8 Å². The number of halogens is 2. The van der Waals surface area contributed by atoms with Crippen molar-refractivity contribution in [2.75, 3.05) is 4.72 Å². The van der Waals surface area contributed by atoms with E-state index in [-0.39, 0.29) is 38.2 Å². The molecule has 0 heterocycles. The van der Waals surface area contributed by atoms with Crippen molar-refractivity contribution in [3.63, 3.8) is 0 Å². The number of carboxylic acids is 1. The number of hydrogen-bond acceptors (Lipinski definition) is 5. The lowest BCUT2D eigenvalue weighted by Gasteiger charge is -2.21. The molecule has 0 aliphatic rings. The van der Waals surface area contributed by atoms with Crippen LogP contribution in [-0.2, 0) is 21.2 Å². The Morgan fingerprint density at radius 3 is 2.27 bits per heavy atom. The fraction of sp³-hybridized carbons (Fsp3) is 0.231. The summed E-state index contributed by atoms with van der Waals surface area (Å²) >= 11 is 6.20. The third kappa shape index (κ3) is 7.43. The van der Waals surface area contributed by atoms with E-state index in [9.17, 15) is 22.4 Å². The highest BCUT2D eigenvalue weighted by Gasteiger charge is 2.22. The van der Waals surface area contributed by atoms with Crippen molar-refractivity contribution >= 4 is 39.2 Å². The van der Waals surface area contributed by atoms with Gasteiger partial charge in [0.25, 0.3) is 15.9 Å². The van der Waals surface area contributed by atoms with E-state index in [1.165, 1.54) is 30.3 Å². The number of aryl methyl sites for hydroxylation is 1. The minimum atomic E-state index is -4.09. The van der Waals surface area contributed by atoms with E-state index in [0.717, 1.165) is 17.7 Å². The molecule has 0 saturated carbocycles. The summed E-state index contributed by atoms with van der Waals surface area (Å²) in [4.78, 5) is 23.7. The molecule has 0 aliphatic carbocycles. The van der Waals surface area contributed by atoms with Crippen LogP contribution in [0.4, 0.5) is 10.1 Å². The number of hydrogen-bond donors (Lipinski definition) is 3. The van der Waals surface area contributed by atoms with Crippen molar-refractivity contribution < 1.29 is 32.2 Å². The summed E-state index contributed by atoms with van der Waals surface area (Å²) < 4.78 is 48.8. The van der Waals surface area contributed by atoms with Gasteiger partial charge in [-0.15, -0.1) is 0 Å². The summed E-state index contributed by atoms with van der Waals surface area (Å²) in [6, 6.07) is 12.3. The molecule has 0 atom stereocenters. The summed E-state index contributed by atoms with van der Waals surface area (Å²) in [5.74, 6) is -2.77. The van der Waals surface area contributed by atoms with Crippen LogP contribution in [0.5, 0.6) is 11.5 Å². The van der Waals surface area contributed by atoms with Crippen LogP contribution in [0.15, 0.2) is 59.5 Å². The molecule has 3 N–H and O–H groups in total. The number of amides is 1. The topological polar surface area (TPSA) is 122 Å². The van der Waals surface area contributed by atoms with Gasteiger partial charge in [-0.2, -0.15) is 0 Å². The summed E-state index contributed by atoms with van der Waals surface area (Å²) in [5.41, 5.74) is 0.244. The number of carbonyl (C=O) groups excluding carboxylic acids is 1. The molecule has 0 radical (unpaired) electrons. The van der Waals surface area contributed by atoms with Crippen LogP contribution in [0.25, 0.3) is 0 Å². The monoisotopic (exact) mass is 548 g/mol. The molecule has 37 heavy (non-hydrogen) atoms. The molecule has 0 saturated heterocycles. The van der Waals surface area contributed by atoms with Crippen molar-refractivity contribution in [2.24, 2.45) is 0 Å². The molecule has 3 rings (SSSR count). The molecule has 3 aromatic rings. The predicted molar refractivity (Wildman–Crippen MR) is 138 cm³/mol. The molecule has 0 spiro atoms. The first kappa shape index (κ1) is 27.9.